The van der Waals surface area contributed by atoms with Crippen LogP contribution in [0.25, 0.3) is 0 Å². The van der Waals surface area contributed by atoms with Crippen molar-refractivity contribution in [1.82, 2.24) is 10.2 Å². The molecule has 0 bridgehead atoms. The first kappa shape index (κ1) is 23.4. The van der Waals surface area contributed by atoms with E-state index in [1.165, 1.54) is 38.5 Å². The number of ether oxygens (including phenoxy) is 1. The Morgan fingerprint density at radius 1 is 1.09 bits per heavy atom. The second-order valence-corrected chi connectivity index (χ2v) is 11.9. The van der Waals surface area contributed by atoms with Crippen molar-refractivity contribution in [3.05, 3.63) is 41.5 Å². The zero-order valence-corrected chi connectivity index (χ0v) is 21.4. The molecule has 3 fully saturated rings. The Morgan fingerprint density at radius 2 is 1.82 bits per heavy atom. The Kier molecular flexibility index (Phi) is 5.81. The predicted octanol–water partition coefficient (Wildman–Crippen LogP) is 5.27. The Hall–Kier alpha value is -2.30. The van der Waals surface area contributed by atoms with E-state index in [1.807, 2.05) is 43.1 Å². The lowest BCUT2D eigenvalue weighted by molar-refractivity contribution is -0.141. The summed E-state index contributed by atoms with van der Waals surface area (Å²) in [6.07, 6.45) is 10.9. The molecule has 34 heavy (non-hydrogen) atoms. The molecule has 4 aliphatic rings. The highest BCUT2D eigenvalue weighted by Gasteiger charge is 2.59. The first-order valence-electron chi connectivity index (χ1n) is 13.1. The zero-order valence-electron chi connectivity index (χ0n) is 21.4. The second kappa shape index (κ2) is 8.42. The molecule has 1 aliphatic heterocycles. The van der Waals surface area contributed by atoms with Crippen molar-refractivity contribution in [1.29, 1.82) is 0 Å². The van der Waals surface area contributed by atoms with Gasteiger partial charge in [-0.2, -0.15) is 0 Å². The second-order valence-electron chi connectivity index (χ2n) is 11.9. The fraction of sp³-hybridized carbons (Fsp3) is 0.655. The average molecular weight is 465 g/mol. The van der Waals surface area contributed by atoms with Gasteiger partial charge in [-0.3, -0.25) is 9.59 Å². The molecule has 0 aromatic heterocycles. The molecule has 7 atom stereocenters. The minimum atomic E-state index is -0.261. The van der Waals surface area contributed by atoms with Crippen LogP contribution in [0.5, 0.6) is 5.75 Å². The minimum Gasteiger partial charge on any atom is -0.497 e. The molecular weight excluding hydrogens is 424 g/mol. The van der Waals surface area contributed by atoms with Gasteiger partial charge >= 0.3 is 0 Å². The van der Waals surface area contributed by atoms with Gasteiger partial charge in [-0.05, 0) is 86.3 Å². The maximum absolute atomic E-state index is 13.4. The van der Waals surface area contributed by atoms with E-state index in [1.54, 1.807) is 7.11 Å². The van der Waals surface area contributed by atoms with Crippen LogP contribution < -0.4 is 10.1 Å². The van der Waals surface area contributed by atoms with Gasteiger partial charge in [0, 0.05) is 18.5 Å². The van der Waals surface area contributed by atoms with E-state index in [0.717, 1.165) is 23.7 Å². The third-order valence-electron chi connectivity index (χ3n) is 10.2. The van der Waals surface area contributed by atoms with Crippen molar-refractivity contribution >= 4 is 11.8 Å². The molecule has 2 amide bonds. The molecule has 3 saturated carbocycles. The lowest BCUT2D eigenvalue weighted by Crippen LogP contribution is -2.61. The number of rotatable bonds is 4. The molecule has 5 rings (SSSR count). The minimum absolute atomic E-state index is 0.137. The summed E-state index contributed by atoms with van der Waals surface area (Å²) in [5.41, 5.74) is 1.66. The van der Waals surface area contributed by atoms with Gasteiger partial charge in [0.05, 0.1) is 13.2 Å². The number of amides is 2. The molecule has 1 aromatic rings. The quantitative estimate of drug-likeness (QED) is 0.618. The third kappa shape index (κ3) is 3.58. The number of likely N-dealkylation sites (N-methyl/N-ethyl adjacent to an activating group) is 1. The van der Waals surface area contributed by atoms with Crippen LogP contribution >= 0.6 is 0 Å². The number of benzene rings is 1. The van der Waals surface area contributed by atoms with Crippen LogP contribution in [-0.2, 0) is 9.59 Å². The van der Waals surface area contributed by atoms with Crippen molar-refractivity contribution in [3.63, 3.8) is 0 Å². The molecule has 1 aromatic carbocycles. The molecule has 5 heteroatoms. The lowest BCUT2D eigenvalue weighted by atomic mass is 9.48. The number of hydrogen-bond donors (Lipinski definition) is 1. The fourth-order valence-electron chi connectivity index (χ4n) is 8.30. The van der Waals surface area contributed by atoms with E-state index >= 15 is 0 Å². The van der Waals surface area contributed by atoms with E-state index in [0.29, 0.717) is 22.8 Å². The number of carbonyl (C=O) groups excluding carboxylic acids is 2. The maximum atomic E-state index is 13.4. The SMILES string of the molecule is COc1ccc(C(C)NC(=O)C2=C[C@@]3(C)C(CC[C@@H]4[C@H]3CC[C@]3(C)CCC[C@@H]43)N(C)C2=O)cc1. The summed E-state index contributed by atoms with van der Waals surface area (Å²) >= 11 is 0. The van der Waals surface area contributed by atoms with Gasteiger partial charge in [0.25, 0.3) is 11.8 Å². The topological polar surface area (TPSA) is 58.6 Å². The van der Waals surface area contributed by atoms with E-state index in [4.69, 9.17) is 4.74 Å². The van der Waals surface area contributed by atoms with E-state index in [2.05, 4.69) is 25.2 Å². The van der Waals surface area contributed by atoms with Gasteiger partial charge in [-0.25, -0.2) is 0 Å². The molecule has 0 saturated heterocycles. The van der Waals surface area contributed by atoms with Crippen molar-refractivity contribution < 1.29 is 14.3 Å². The van der Waals surface area contributed by atoms with Gasteiger partial charge in [-0.1, -0.05) is 38.5 Å². The summed E-state index contributed by atoms with van der Waals surface area (Å²) in [5.74, 6) is 2.44. The van der Waals surface area contributed by atoms with Gasteiger partial charge in [0.2, 0.25) is 0 Å². The molecule has 5 nitrogen and oxygen atoms in total. The number of fused-ring (bicyclic) bond motifs is 5. The van der Waals surface area contributed by atoms with E-state index in [-0.39, 0.29) is 29.3 Å². The summed E-state index contributed by atoms with van der Waals surface area (Å²) in [6.45, 7) is 6.80. The van der Waals surface area contributed by atoms with Crippen molar-refractivity contribution in [2.24, 2.45) is 28.6 Å². The number of nitrogens with zero attached hydrogens (tertiary/aromatic N) is 1. The molecular formula is C29H40N2O3. The molecule has 0 spiro atoms. The summed E-state index contributed by atoms with van der Waals surface area (Å²) in [4.78, 5) is 28.6. The van der Waals surface area contributed by atoms with Gasteiger partial charge in [0.1, 0.15) is 11.3 Å². The van der Waals surface area contributed by atoms with Crippen LogP contribution in [-0.4, -0.2) is 36.9 Å². The molecule has 184 valence electrons. The smallest absolute Gasteiger partial charge is 0.259 e. The highest BCUT2D eigenvalue weighted by Crippen LogP contribution is 2.64. The summed E-state index contributed by atoms with van der Waals surface area (Å²) in [5, 5.41) is 3.09. The first-order valence-corrected chi connectivity index (χ1v) is 13.1. The first-order chi connectivity index (χ1) is 16.2. The van der Waals surface area contributed by atoms with E-state index in [9.17, 15) is 9.59 Å². The summed E-state index contributed by atoms with van der Waals surface area (Å²) in [7, 11) is 3.54. The molecule has 0 radical (unpaired) electrons. The molecule has 1 heterocycles. The van der Waals surface area contributed by atoms with Gasteiger partial charge in [0.15, 0.2) is 0 Å². The van der Waals surface area contributed by atoms with Gasteiger partial charge in [-0.15, -0.1) is 0 Å². The van der Waals surface area contributed by atoms with Crippen LogP contribution in [0.15, 0.2) is 35.9 Å². The summed E-state index contributed by atoms with van der Waals surface area (Å²) in [6, 6.07) is 7.68. The number of carbonyl (C=O) groups is 2. The third-order valence-corrected chi connectivity index (χ3v) is 10.2. The monoisotopic (exact) mass is 464 g/mol. The zero-order chi connectivity index (χ0) is 24.3. The highest BCUT2D eigenvalue weighted by atomic mass is 16.5. The van der Waals surface area contributed by atoms with Crippen molar-refractivity contribution in [2.75, 3.05) is 14.2 Å². The Balaban J connectivity index is 1.41. The number of methoxy groups -OCH3 is 1. The molecule has 1 N–H and O–H groups in total. The van der Waals surface area contributed by atoms with Crippen LogP contribution in [0.3, 0.4) is 0 Å². The lowest BCUT2D eigenvalue weighted by Gasteiger charge is -2.60. The Bertz CT molecular complexity index is 1000. The van der Waals surface area contributed by atoms with Crippen molar-refractivity contribution in [2.45, 2.75) is 77.8 Å². The largest absolute Gasteiger partial charge is 0.497 e. The number of hydrogen-bond acceptors (Lipinski definition) is 3. The number of nitrogens with one attached hydrogen (secondary N) is 1. The summed E-state index contributed by atoms with van der Waals surface area (Å²) < 4.78 is 5.24. The van der Waals surface area contributed by atoms with Crippen molar-refractivity contribution in [3.8, 4) is 5.75 Å². The Labute approximate surface area is 204 Å². The molecule has 3 aliphatic carbocycles. The average Bonchev–Trinajstić information content (AvgIpc) is 3.23. The molecule has 2 unspecified atom stereocenters. The van der Waals surface area contributed by atoms with E-state index < -0.39 is 0 Å². The maximum Gasteiger partial charge on any atom is 0.259 e. The van der Waals surface area contributed by atoms with Crippen LogP contribution in [0.4, 0.5) is 0 Å². The fourth-order valence-corrected chi connectivity index (χ4v) is 8.30. The van der Waals surface area contributed by atoms with Crippen LogP contribution in [0.1, 0.15) is 77.3 Å². The predicted molar refractivity (Wildman–Crippen MR) is 133 cm³/mol. The standard InChI is InChI=1S/C29H40N2O3/c1-18(19-8-10-20(34-5)11-9-19)30-26(32)22-17-29(3)24-14-16-28(2)15-6-7-23(28)21(24)12-13-25(29)31(4)27(22)33/h8-11,17-18,21,23-25H,6-7,12-16H2,1-5H3,(H,30,32)/t18?,21-,23-,24+,25?,28-,29+/m0/s1. The van der Waals surface area contributed by atoms with Gasteiger partial charge < -0.3 is 15.0 Å². The normalized spacial score (nSPS) is 37.7. The highest BCUT2D eigenvalue weighted by molar-refractivity contribution is 6.19. The van der Waals surface area contributed by atoms with Crippen LogP contribution in [0.2, 0.25) is 0 Å². The van der Waals surface area contributed by atoms with Crippen LogP contribution in [0, 0.1) is 28.6 Å². The Morgan fingerprint density at radius 3 is 2.53 bits per heavy atom.